The van der Waals surface area contributed by atoms with E-state index in [1.54, 1.807) is 7.05 Å². The van der Waals surface area contributed by atoms with Crippen molar-refractivity contribution in [3.8, 4) is 0 Å². The van der Waals surface area contributed by atoms with E-state index in [0.29, 0.717) is 6.54 Å². The van der Waals surface area contributed by atoms with Crippen LogP contribution in [0.2, 0.25) is 0 Å². The maximum atomic E-state index is 11.9. The van der Waals surface area contributed by atoms with E-state index in [0.717, 1.165) is 11.1 Å². The molecule has 0 radical (unpaired) electrons. The summed E-state index contributed by atoms with van der Waals surface area (Å²) in [5.41, 5.74) is 7.34. The molecule has 0 heterocycles. The molecule has 1 aromatic carbocycles. The van der Waals surface area contributed by atoms with E-state index < -0.39 is 11.7 Å². The molecule has 23 heavy (non-hydrogen) atoms. The first-order chi connectivity index (χ1) is 10.6. The number of hydrogen-bond donors (Lipinski definition) is 1. The Bertz CT molecular complexity index is 535. The Morgan fingerprint density at radius 1 is 1.22 bits per heavy atom. The van der Waals surface area contributed by atoms with Crippen LogP contribution >= 0.6 is 0 Å². The Kier molecular flexibility index (Phi) is 6.57. The van der Waals surface area contributed by atoms with Gasteiger partial charge in [-0.1, -0.05) is 24.3 Å². The molecule has 128 valence electrons. The smallest absolute Gasteiger partial charge is 0.410 e. The second-order valence-corrected chi connectivity index (χ2v) is 6.46. The number of rotatable bonds is 5. The maximum absolute atomic E-state index is 11.9. The van der Waals surface area contributed by atoms with Gasteiger partial charge in [-0.3, -0.25) is 4.79 Å². The fourth-order valence-electron chi connectivity index (χ4n) is 1.94. The van der Waals surface area contributed by atoms with Gasteiger partial charge in [0.15, 0.2) is 0 Å². The van der Waals surface area contributed by atoms with E-state index in [9.17, 15) is 9.59 Å². The van der Waals surface area contributed by atoms with E-state index in [1.807, 2.05) is 45.0 Å². The maximum Gasteiger partial charge on any atom is 0.410 e. The molecule has 0 aliphatic carbocycles. The number of ether oxygens (including phenoxy) is 2. The van der Waals surface area contributed by atoms with Crippen molar-refractivity contribution >= 4 is 12.1 Å². The number of likely N-dealkylation sites (N-methyl/N-ethyl adjacent to an activating group) is 1. The highest BCUT2D eigenvalue weighted by Crippen LogP contribution is 2.15. The monoisotopic (exact) mass is 322 g/mol. The largest absolute Gasteiger partial charge is 0.469 e. The highest BCUT2D eigenvalue weighted by Gasteiger charge is 2.21. The molecule has 0 aliphatic rings. The molecule has 0 spiro atoms. The molecule has 6 heteroatoms. The van der Waals surface area contributed by atoms with Crippen LogP contribution in [0.1, 0.15) is 37.9 Å². The van der Waals surface area contributed by atoms with Crippen LogP contribution in [0.5, 0.6) is 0 Å². The van der Waals surface area contributed by atoms with Crippen molar-refractivity contribution in [2.24, 2.45) is 5.73 Å². The van der Waals surface area contributed by atoms with Gasteiger partial charge in [-0.15, -0.1) is 0 Å². The zero-order chi connectivity index (χ0) is 17.6. The quantitative estimate of drug-likeness (QED) is 0.841. The Morgan fingerprint density at radius 3 is 2.26 bits per heavy atom. The summed E-state index contributed by atoms with van der Waals surface area (Å²) < 4.78 is 9.92. The average molecular weight is 322 g/mol. The summed E-state index contributed by atoms with van der Waals surface area (Å²) in [6.07, 6.45) is -0.181. The number of hydrogen-bond acceptors (Lipinski definition) is 5. The Hall–Kier alpha value is -2.08. The van der Waals surface area contributed by atoms with Gasteiger partial charge in [0, 0.05) is 19.6 Å². The molecule has 0 bridgehead atoms. The summed E-state index contributed by atoms with van der Waals surface area (Å²) in [5.74, 6) is -0.285. The van der Waals surface area contributed by atoms with Crippen molar-refractivity contribution in [1.29, 1.82) is 0 Å². The number of benzene rings is 1. The number of nitrogens with two attached hydrogens (primary N) is 1. The molecule has 1 unspecified atom stereocenters. The third-order valence-corrected chi connectivity index (χ3v) is 3.16. The topological polar surface area (TPSA) is 81.9 Å². The van der Waals surface area contributed by atoms with E-state index >= 15 is 0 Å². The molecule has 6 nitrogen and oxygen atoms in total. The van der Waals surface area contributed by atoms with E-state index in [-0.39, 0.29) is 18.4 Å². The predicted molar refractivity (Wildman–Crippen MR) is 88.0 cm³/mol. The van der Waals surface area contributed by atoms with Crippen LogP contribution in [0.25, 0.3) is 0 Å². The lowest BCUT2D eigenvalue weighted by Gasteiger charge is -2.26. The minimum Gasteiger partial charge on any atom is -0.469 e. The second-order valence-electron chi connectivity index (χ2n) is 6.46. The predicted octanol–water partition coefficient (Wildman–Crippen LogP) is 2.27. The van der Waals surface area contributed by atoms with Gasteiger partial charge in [-0.25, -0.2) is 4.79 Å². The summed E-state index contributed by atoms with van der Waals surface area (Å²) in [7, 11) is 3.01. The van der Waals surface area contributed by atoms with Gasteiger partial charge in [0.2, 0.25) is 0 Å². The van der Waals surface area contributed by atoms with Crippen LogP contribution in [0.4, 0.5) is 4.79 Å². The third kappa shape index (κ3) is 6.69. The number of methoxy groups -OCH3 is 1. The van der Waals surface area contributed by atoms with Crippen molar-refractivity contribution < 1.29 is 19.1 Å². The van der Waals surface area contributed by atoms with Crippen LogP contribution < -0.4 is 5.73 Å². The zero-order valence-electron chi connectivity index (χ0n) is 14.5. The lowest BCUT2D eigenvalue weighted by atomic mass is 10.0. The molecule has 0 aromatic heterocycles. The second kappa shape index (κ2) is 7.97. The van der Waals surface area contributed by atoms with E-state index in [2.05, 4.69) is 4.74 Å². The highest BCUT2D eigenvalue weighted by molar-refractivity contribution is 5.72. The van der Waals surface area contributed by atoms with Crippen molar-refractivity contribution in [3.63, 3.8) is 0 Å². The number of amides is 1. The lowest BCUT2D eigenvalue weighted by Crippen LogP contribution is -2.38. The van der Waals surface area contributed by atoms with Crippen molar-refractivity contribution in [3.05, 3.63) is 35.4 Å². The third-order valence-electron chi connectivity index (χ3n) is 3.16. The van der Waals surface area contributed by atoms with Gasteiger partial charge < -0.3 is 20.1 Å². The molecule has 0 aliphatic heterocycles. The van der Waals surface area contributed by atoms with Gasteiger partial charge >= 0.3 is 12.1 Å². The molecule has 1 amide bonds. The first-order valence-electron chi connectivity index (χ1n) is 7.47. The standard InChI is InChI=1S/C17H26N2O4/c1-17(2,3)23-16(21)19(4)11-14(18)13-8-6-12(7-9-13)10-15(20)22-5/h6-9,14H,10-11,18H2,1-5H3. The average Bonchev–Trinajstić information content (AvgIpc) is 2.45. The number of esters is 1. The molecule has 0 fully saturated rings. The summed E-state index contributed by atoms with van der Waals surface area (Å²) in [4.78, 5) is 24.6. The fourth-order valence-corrected chi connectivity index (χ4v) is 1.94. The number of carbonyl (C=O) groups excluding carboxylic acids is 2. The van der Waals surface area contributed by atoms with Gasteiger partial charge in [-0.2, -0.15) is 0 Å². The normalized spacial score (nSPS) is 12.4. The summed E-state index contributed by atoms with van der Waals surface area (Å²) in [6.45, 7) is 5.79. The molecule has 0 saturated heterocycles. The minimum atomic E-state index is -0.537. The van der Waals surface area contributed by atoms with Crippen molar-refractivity contribution in [2.75, 3.05) is 20.7 Å². The van der Waals surface area contributed by atoms with Crippen LogP contribution in [0, 0.1) is 0 Å². The molecule has 1 rings (SSSR count). The van der Waals surface area contributed by atoms with Crippen LogP contribution in [0.15, 0.2) is 24.3 Å². The SMILES string of the molecule is COC(=O)Cc1ccc(C(N)CN(C)C(=O)OC(C)(C)C)cc1. The Morgan fingerprint density at radius 2 is 1.78 bits per heavy atom. The number of carbonyl (C=O) groups is 2. The number of nitrogens with zero attached hydrogens (tertiary/aromatic N) is 1. The van der Waals surface area contributed by atoms with Crippen LogP contribution in [-0.4, -0.2) is 43.3 Å². The van der Waals surface area contributed by atoms with Crippen LogP contribution in [-0.2, 0) is 20.7 Å². The highest BCUT2D eigenvalue weighted by atomic mass is 16.6. The Labute approximate surface area is 137 Å². The van der Waals surface area contributed by atoms with Crippen molar-refractivity contribution in [1.82, 2.24) is 4.90 Å². The fraction of sp³-hybridized carbons (Fsp3) is 0.529. The molecule has 1 atom stereocenters. The van der Waals surface area contributed by atoms with Gasteiger partial charge in [0.05, 0.1) is 13.5 Å². The first-order valence-corrected chi connectivity index (χ1v) is 7.47. The van der Waals surface area contributed by atoms with E-state index in [1.165, 1.54) is 12.0 Å². The van der Waals surface area contributed by atoms with Gasteiger partial charge in [-0.05, 0) is 31.9 Å². The summed E-state index contributed by atoms with van der Waals surface area (Å²) in [6, 6.07) is 7.04. The van der Waals surface area contributed by atoms with Gasteiger partial charge in [0.1, 0.15) is 5.60 Å². The van der Waals surface area contributed by atoms with Crippen molar-refractivity contribution in [2.45, 2.75) is 38.8 Å². The minimum absolute atomic E-state index is 0.226. The molecule has 1 aromatic rings. The lowest BCUT2D eigenvalue weighted by molar-refractivity contribution is -0.139. The van der Waals surface area contributed by atoms with Crippen LogP contribution in [0.3, 0.4) is 0 Å². The van der Waals surface area contributed by atoms with Gasteiger partial charge in [0.25, 0.3) is 0 Å². The molecular weight excluding hydrogens is 296 g/mol. The molecular formula is C17H26N2O4. The molecule has 2 N–H and O–H groups in total. The first kappa shape index (κ1) is 19.0. The summed E-state index contributed by atoms with van der Waals surface area (Å²) >= 11 is 0. The van der Waals surface area contributed by atoms with E-state index in [4.69, 9.17) is 10.5 Å². The summed E-state index contributed by atoms with van der Waals surface area (Å²) in [5, 5.41) is 0. The zero-order valence-corrected chi connectivity index (χ0v) is 14.5. The Balaban J connectivity index is 2.62. The molecule has 0 saturated carbocycles.